The quantitative estimate of drug-likeness (QED) is 0.854. The number of nitrogens with zero attached hydrogens (tertiary/aromatic N) is 1. The average Bonchev–Trinajstić information content (AvgIpc) is 3.26. The number of allylic oxidation sites excluding steroid dienone is 1. The van der Waals surface area contributed by atoms with Crippen LogP contribution in [0, 0.1) is 11.3 Å². The number of ether oxygens (including phenoxy) is 5. The average molecular weight is 336 g/mol. The number of hydrogen-bond donors (Lipinski definition) is 1. The van der Waals surface area contributed by atoms with Crippen LogP contribution in [0.1, 0.15) is 17.0 Å². The Kier molecular flexibility index (Phi) is 2.76. The summed E-state index contributed by atoms with van der Waals surface area (Å²) in [6, 6.07) is 11.3. The number of nitrogens with two attached hydrogens (primary N) is 1. The molecule has 0 unspecified atom stereocenters. The van der Waals surface area contributed by atoms with Gasteiger partial charge in [0.2, 0.25) is 19.5 Å². The maximum atomic E-state index is 9.63. The molecule has 0 fully saturated rings. The summed E-state index contributed by atoms with van der Waals surface area (Å²) in [7, 11) is 0. The third-order valence-corrected chi connectivity index (χ3v) is 4.44. The zero-order valence-electron chi connectivity index (χ0n) is 12.9. The highest BCUT2D eigenvalue weighted by Gasteiger charge is 2.34. The van der Waals surface area contributed by atoms with E-state index in [4.69, 9.17) is 29.4 Å². The van der Waals surface area contributed by atoms with Crippen LogP contribution in [0.2, 0.25) is 0 Å². The zero-order valence-corrected chi connectivity index (χ0v) is 12.9. The number of rotatable bonds is 1. The van der Waals surface area contributed by atoms with E-state index >= 15 is 0 Å². The summed E-state index contributed by atoms with van der Waals surface area (Å²) in [5, 5.41) is 9.63. The molecule has 0 aromatic heterocycles. The second kappa shape index (κ2) is 4.98. The number of benzene rings is 2. The zero-order chi connectivity index (χ0) is 17.0. The molecule has 0 saturated carbocycles. The van der Waals surface area contributed by atoms with Gasteiger partial charge in [0, 0.05) is 11.6 Å². The Morgan fingerprint density at radius 3 is 2.32 bits per heavy atom. The first-order chi connectivity index (χ1) is 12.2. The fourth-order valence-electron chi connectivity index (χ4n) is 3.28. The molecule has 5 rings (SSSR count). The molecule has 7 heteroatoms. The van der Waals surface area contributed by atoms with E-state index in [1.165, 1.54) is 0 Å². The minimum absolute atomic E-state index is 0.0801. The molecule has 0 saturated heterocycles. The SMILES string of the molecule is N#CC1=C(N)Oc2cc3c(cc2[C@@H]1c1ccc2c(c1)OCO2)OCO3. The monoisotopic (exact) mass is 336 g/mol. The summed E-state index contributed by atoms with van der Waals surface area (Å²) < 4.78 is 27.3. The van der Waals surface area contributed by atoms with Gasteiger partial charge in [-0.3, -0.25) is 0 Å². The molecule has 3 heterocycles. The molecule has 0 spiro atoms. The predicted molar refractivity (Wildman–Crippen MR) is 84.4 cm³/mol. The third-order valence-electron chi connectivity index (χ3n) is 4.44. The fraction of sp³-hybridized carbons (Fsp3) is 0.167. The Hall–Kier alpha value is -3.53. The Morgan fingerprint density at radius 2 is 1.56 bits per heavy atom. The van der Waals surface area contributed by atoms with Crippen molar-refractivity contribution in [3.63, 3.8) is 0 Å². The van der Waals surface area contributed by atoms with Gasteiger partial charge in [0.05, 0.1) is 5.92 Å². The summed E-state index contributed by atoms with van der Waals surface area (Å²) in [4.78, 5) is 0. The first-order valence-corrected chi connectivity index (χ1v) is 7.65. The molecule has 3 aliphatic heterocycles. The van der Waals surface area contributed by atoms with Crippen LogP contribution in [0.4, 0.5) is 0 Å². The van der Waals surface area contributed by atoms with Gasteiger partial charge in [-0.1, -0.05) is 6.07 Å². The normalized spacial score (nSPS) is 19.2. The van der Waals surface area contributed by atoms with Crippen LogP contribution in [-0.2, 0) is 0 Å². The lowest BCUT2D eigenvalue weighted by Crippen LogP contribution is -2.21. The lowest BCUT2D eigenvalue weighted by molar-refractivity contribution is 0.173. The smallest absolute Gasteiger partial charge is 0.231 e. The Bertz CT molecular complexity index is 976. The third kappa shape index (κ3) is 1.97. The highest BCUT2D eigenvalue weighted by molar-refractivity contribution is 5.62. The molecule has 0 aliphatic carbocycles. The van der Waals surface area contributed by atoms with Gasteiger partial charge >= 0.3 is 0 Å². The molecule has 25 heavy (non-hydrogen) atoms. The van der Waals surface area contributed by atoms with Crippen LogP contribution in [0.15, 0.2) is 41.8 Å². The van der Waals surface area contributed by atoms with Gasteiger partial charge in [-0.05, 0) is 23.8 Å². The lowest BCUT2D eigenvalue weighted by atomic mass is 9.83. The van der Waals surface area contributed by atoms with Gasteiger partial charge in [0.1, 0.15) is 17.4 Å². The molecule has 0 bridgehead atoms. The van der Waals surface area contributed by atoms with Crippen molar-refractivity contribution in [2.45, 2.75) is 5.92 Å². The standard InChI is InChI=1S/C18H12N2O5/c19-6-11-17(9-1-2-12-14(3-9)22-7-21-12)10-4-15-16(24-8-23-15)5-13(10)25-18(11)20/h1-5,17H,7-8,20H2/t17-/m0/s1. The minimum atomic E-state index is -0.391. The highest BCUT2D eigenvalue weighted by Crippen LogP contribution is 2.49. The summed E-state index contributed by atoms with van der Waals surface area (Å²) in [5.41, 5.74) is 7.98. The van der Waals surface area contributed by atoms with E-state index in [1.54, 1.807) is 6.07 Å². The van der Waals surface area contributed by atoms with E-state index in [0.717, 1.165) is 11.1 Å². The van der Waals surface area contributed by atoms with E-state index in [1.807, 2.05) is 24.3 Å². The first-order valence-electron chi connectivity index (χ1n) is 7.65. The first kappa shape index (κ1) is 13.9. The topological polar surface area (TPSA) is 96.0 Å². The van der Waals surface area contributed by atoms with E-state index in [2.05, 4.69) is 6.07 Å². The molecule has 2 aromatic rings. The van der Waals surface area contributed by atoms with Crippen LogP contribution in [-0.4, -0.2) is 13.6 Å². The van der Waals surface area contributed by atoms with Crippen molar-refractivity contribution in [1.29, 1.82) is 5.26 Å². The van der Waals surface area contributed by atoms with Gasteiger partial charge in [-0.25, -0.2) is 0 Å². The molecule has 2 N–H and O–H groups in total. The van der Waals surface area contributed by atoms with Crippen LogP contribution < -0.4 is 29.4 Å². The maximum Gasteiger partial charge on any atom is 0.231 e. The van der Waals surface area contributed by atoms with Crippen molar-refractivity contribution < 1.29 is 23.7 Å². The maximum absolute atomic E-state index is 9.63. The fourth-order valence-corrected chi connectivity index (χ4v) is 3.28. The van der Waals surface area contributed by atoms with E-state index in [-0.39, 0.29) is 19.5 Å². The summed E-state index contributed by atoms with van der Waals surface area (Å²) in [5.74, 6) is 2.76. The molecule has 124 valence electrons. The summed E-state index contributed by atoms with van der Waals surface area (Å²) in [6.07, 6.45) is 0. The van der Waals surface area contributed by atoms with Crippen LogP contribution in [0.5, 0.6) is 28.7 Å². The Labute approximate surface area is 142 Å². The van der Waals surface area contributed by atoms with Crippen LogP contribution in [0.25, 0.3) is 0 Å². The summed E-state index contributed by atoms with van der Waals surface area (Å²) >= 11 is 0. The highest BCUT2D eigenvalue weighted by atomic mass is 16.7. The Balaban J connectivity index is 1.70. The molecule has 7 nitrogen and oxygen atoms in total. The van der Waals surface area contributed by atoms with Crippen molar-refractivity contribution in [2.75, 3.05) is 13.6 Å². The molecule has 3 aliphatic rings. The van der Waals surface area contributed by atoms with Crippen molar-refractivity contribution in [3.05, 3.63) is 52.9 Å². The molecule has 0 amide bonds. The van der Waals surface area contributed by atoms with Gasteiger partial charge in [-0.2, -0.15) is 5.26 Å². The van der Waals surface area contributed by atoms with Gasteiger partial charge in [-0.15, -0.1) is 0 Å². The van der Waals surface area contributed by atoms with E-state index in [0.29, 0.717) is 34.3 Å². The second-order valence-electron chi connectivity index (χ2n) is 5.78. The van der Waals surface area contributed by atoms with Gasteiger partial charge in [0.25, 0.3) is 0 Å². The van der Waals surface area contributed by atoms with Gasteiger partial charge < -0.3 is 29.4 Å². The molecule has 2 aromatic carbocycles. The molecule has 0 radical (unpaired) electrons. The number of nitriles is 1. The summed E-state index contributed by atoms with van der Waals surface area (Å²) in [6.45, 7) is 0.339. The molecule has 1 atom stereocenters. The van der Waals surface area contributed by atoms with Crippen molar-refractivity contribution in [1.82, 2.24) is 0 Å². The van der Waals surface area contributed by atoms with E-state index in [9.17, 15) is 5.26 Å². The van der Waals surface area contributed by atoms with Crippen LogP contribution in [0.3, 0.4) is 0 Å². The molecular formula is C18H12N2O5. The predicted octanol–water partition coefficient (Wildman–Crippen LogP) is 2.36. The van der Waals surface area contributed by atoms with Crippen molar-refractivity contribution in [3.8, 4) is 34.8 Å². The van der Waals surface area contributed by atoms with Gasteiger partial charge in [0.15, 0.2) is 23.0 Å². The van der Waals surface area contributed by atoms with Crippen molar-refractivity contribution in [2.24, 2.45) is 5.73 Å². The lowest BCUT2D eigenvalue weighted by Gasteiger charge is -2.26. The molecular weight excluding hydrogens is 324 g/mol. The van der Waals surface area contributed by atoms with E-state index < -0.39 is 5.92 Å². The number of fused-ring (bicyclic) bond motifs is 3. The van der Waals surface area contributed by atoms with Crippen LogP contribution >= 0.6 is 0 Å². The second-order valence-corrected chi connectivity index (χ2v) is 5.78. The largest absolute Gasteiger partial charge is 0.454 e. The Morgan fingerprint density at radius 1 is 0.880 bits per heavy atom. The minimum Gasteiger partial charge on any atom is -0.454 e. The number of hydrogen-bond acceptors (Lipinski definition) is 7. The van der Waals surface area contributed by atoms with Crippen molar-refractivity contribution >= 4 is 0 Å².